The van der Waals surface area contributed by atoms with Crippen LogP contribution in [0.5, 0.6) is 5.88 Å². The first-order valence-corrected chi connectivity index (χ1v) is 14.9. The second kappa shape index (κ2) is 7.24. The van der Waals surface area contributed by atoms with E-state index in [0.717, 1.165) is 18.5 Å². The van der Waals surface area contributed by atoms with Gasteiger partial charge in [-0.25, -0.2) is 29.9 Å². The lowest BCUT2D eigenvalue weighted by molar-refractivity contribution is -0.632. The Balaban J connectivity index is 1.02. The smallest absolute Gasteiger partial charge is 0.434 e. The van der Waals surface area contributed by atoms with E-state index in [1.54, 1.807) is 22.4 Å². The molecule has 7 saturated carbocycles. The van der Waals surface area contributed by atoms with Crippen LogP contribution in [0.3, 0.4) is 0 Å². The standard InChI is InChI=1S/C30H27F3N8O2/c1-11(2)40-8-14(30(31,32)33)38-27(40)29-20-17-21(29)19-22(29)18(20)28(17,19)9-41-15(42)7-34-13-6-35-24(39-25(13)41)16-23(12-4-5-12)36-10-37-26(16)43-3/h6-8,10-12,17-22H,4-5,9H2,1-3H3. The first-order chi connectivity index (χ1) is 20.6. The fourth-order valence-corrected chi connectivity index (χ4v) is 10.7. The van der Waals surface area contributed by atoms with Crippen molar-refractivity contribution in [3.05, 3.63) is 52.5 Å². The van der Waals surface area contributed by atoms with Crippen LogP contribution in [0.25, 0.3) is 22.6 Å². The van der Waals surface area contributed by atoms with Crippen LogP contribution in [0.2, 0.25) is 0 Å². The minimum absolute atomic E-state index is 0.000193. The topological polar surface area (TPSA) is 114 Å². The third-order valence-corrected chi connectivity index (χ3v) is 12.0. The number of hydrogen-bond acceptors (Lipinski definition) is 8. The summed E-state index contributed by atoms with van der Waals surface area (Å²) in [5.74, 6) is 3.97. The van der Waals surface area contributed by atoms with Gasteiger partial charge in [0.1, 0.15) is 23.2 Å². The molecule has 0 unspecified atom stereocenters. The Hall–Kier alpha value is -3.90. The lowest BCUT2D eigenvalue weighted by atomic mass is 8.92. The van der Waals surface area contributed by atoms with E-state index >= 15 is 0 Å². The van der Waals surface area contributed by atoms with Crippen LogP contribution < -0.4 is 10.3 Å². The van der Waals surface area contributed by atoms with Crippen LogP contribution in [0.4, 0.5) is 13.2 Å². The Labute approximate surface area is 242 Å². The Bertz CT molecular complexity index is 1920. The van der Waals surface area contributed by atoms with E-state index in [1.807, 2.05) is 13.8 Å². The Morgan fingerprint density at radius 1 is 1.00 bits per heavy atom. The molecule has 0 saturated heterocycles. The van der Waals surface area contributed by atoms with Crippen molar-refractivity contribution < 1.29 is 17.9 Å². The number of imidazole rings is 1. The number of aromatic nitrogens is 8. The maximum atomic E-state index is 13.6. The Morgan fingerprint density at radius 3 is 2.35 bits per heavy atom. The molecule has 0 amide bonds. The molecule has 11 rings (SSSR count). The molecule has 4 heterocycles. The third kappa shape index (κ3) is 2.46. The molecule has 43 heavy (non-hydrogen) atoms. The number of methoxy groups -OCH3 is 1. The van der Waals surface area contributed by atoms with Crippen molar-refractivity contribution in [2.45, 2.75) is 56.8 Å². The second-order valence-electron chi connectivity index (χ2n) is 13.7. The predicted molar refractivity (Wildman–Crippen MR) is 144 cm³/mol. The minimum Gasteiger partial charge on any atom is -0.480 e. The maximum absolute atomic E-state index is 13.6. The first kappa shape index (κ1) is 24.5. The number of nitrogens with zero attached hydrogens (tertiary/aromatic N) is 8. The molecular weight excluding hydrogens is 561 g/mol. The molecule has 0 N–H and O–H groups in total. The summed E-state index contributed by atoms with van der Waals surface area (Å²) in [5.41, 5.74) is 1.26. The van der Waals surface area contributed by atoms with Crippen molar-refractivity contribution >= 4 is 11.2 Å². The zero-order chi connectivity index (χ0) is 29.4. The molecule has 4 aromatic heterocycles. The van der Waals surface area contributed by atoms with Gasteiger partial charge in [0.15, 0.2) is 17.2 Å². The molecule has 7 aliphatic rings. The lowest BCUT2D eigenvalue weighted by Gasteiger charge is -3.11. The van der Waals surface area contributed by atoms with Gasteiger partial charge in [0.2, 0.25) is 5.88 Å². The van der Waals surface area contributed by atoms with E-state index in [4.69, 9.17) is 9.72 Å². The fraction of sp³-hybridized carbons (Fsp3) is 0.567. The predicted octanol–water partition coefficient (Wildman–Crippen LogP) is 4.02. The molecule has 0 atom stereocenters. The molecule has 10 nitrogen and oxygen atoms in total. The SMILES string of the molecule is COc1ncnc(C2CC2)c1-c1ncc2ncc(=O)n(CC34C5C6C3C3C4C5C63c3nc(C(F)(F)F)cn3C(C)C)c2n1. The molecule has 0 aromatic carbocycles. The summed E-state index contributed by atoms with van der Waals surface area (Å²) in [6.45, 7) is 4.36. The van der Waals surface area contributed by atoms with Gasteiger partial charge in [-0.2, -0.15) is 13.2 Å². The van der Waals surface area contributed by atoms with Crippen LogP contribution in [-0.2, 0) is 18.1 Å². The van der Waals surface area contributed by atoms with Crippen LogP contribution >= 0.6 is 0 Å². The van der Waals surface area contributed by atoms with Gasteiger partial charge in [0, 0.05) is 30.1 Å². The molecule has 4 aromatic rings. The monoisotopic (exact) mass is 588 g/mol. The highest BCUT2D eigenvalue weighted by Crippen LogP contribution is 3.10. The number of halogens is 3. The summed E-state index contributed by atoms with van der Waals surface area (Å²) >= 11 is 0. The van der Waals surface area contributed by atoms with E-state index in [-0.39, 0.29) is 22.4 Å². The average molecular weight is 589 g/mol. The van der Waals surface area contributed by atoms with Crippen molar-refractivity contribution in [2.24, 2.45) is 40.9 Å². The molecule has 0 radical (unpaired) electrons. The van der Waals surface area contributed by atoms with Crippen molar-refractivity contribution in [3.63, 3.8) is 0 Å². The molecule has 0 aliphatic heterocycles. The van der Waals surface area contributed by atoms with E-state index in [1.165, 1.54) is 18.7 Å². The molecular formula is C30H27F3N8O2. The fourth-order valence-electron chi connectivity index (χ4n) is 10.7. The summed E-state index contributed by atoms with van der Waals surface area (Å²) < 4.78 is 50.0. The van der Waals surface area contributed by atoms with Gasteiger partial charge in [-0.15, -0.1) is 0 Å². The average Bonchev–Trinajstić information content (AvgIpc) is 3.74. The molecule has 7 aliphatic carbocycles. The zero-order valence-electron chi connectivity index (χ0n) is 23.6. The van der Waals surface area contributed by atoms with Gasteiger partial charge >= 0.3 is 6.18 Å². The quantitative estimate of drug-likeness (QED) is 0.318. The summed E-state index contributed by atoms with van der Waals surface area (Å²) in [7, 11) is 1.55. The van der Waals surface area contributed by atoms with E-state index in [9.17, 15) is 18.0 Å². The number of fused-ring (bicyclic) bond motifs is 1. The second-order valence-corrected chi connectivity index (χ2v) is 13.7. The van der Waals surface area contributed by atoms with Gasteiger partial charge < -0.3 is 9.30 Å². The van der Waals surface area contributed by atoms with Crippen molar-refractivity contribution in [3.8, 4) is 17.3 Å². The van der Waals surface area contributed by atoms with Crippen molar-refractivity contribution in [1.82, 2.24) is 39.0 Å². The van der Waals surface area contributed by atoms with Crippen LogP contribution in [0.1, 0.15) is 55.9 Å². The van der Waals surface area contributed by atoms with Crippen molar-refractivity contribution in [2.75, 3.05) is 7.11 Å². The molecule has 0 bridgehead atoms. The van der Waals surface area contributed by atoms with Crippen LogP contribution in [-0.4, -0.2) is 46.1 Å². The Morgan fingerprint density at radius 2 is 1.72 bits per heavy atom. The number of rotatable bonds is 7. The molecule has 0 spiro atoms. The van der Waals surface area contributed by atoms with Crippen LogP contribution in [0, 0.1) is 40.9 Å². The number of alkyl halides is 3. The zero-order valence-corrected chi connectivity index (χ0v) is 23.6. The van der Waals surface area contributed by atoms with Crippen LogP contribution in [0.15, 0.2) is 29.7 Å². The van der Waals surface area contributed by atoms with E-state index in [2.05, 4.69) is 24.9 Å². The summed E-state index contributed by atoms with van der Waals surface area (Å²) in [6.07, 6.45) is 3.24. The highest BCUT2D eigenvalue weighted by atomic mass is 19.4. The minimum atomic E-state index is -4.46. The summed E-state index contributed by atoms with van der Waals surface area (Å²) in [5, 5.41) is 0. The Kier molecular flexibility index (Phi) is 4.13. The number of hydrogen-bond donors (Lipinski definition) is 0. The van der Waals surface area contributed by atoms with Gasteiger partial charge in [-0.1, -0.05) is 0 Å². The van der Waals surface area contributed by atoms with Gasteiger partial charge in [-0.05, 0) is 67.6 Å². The van der Waals surface area contributed by atoms with Gasteiger partial charge in [-0.3, -0.25) is 9.36 Å². The highest BCUT2D eigenvalue weighted by molar-refractivity contribution is 5.75. The molecule has 220 valence electrons. The third-order valence-electron chi connectivity index (χ3n) is 12.0. The molecule has 7 fully saturated rings. The largest absolute Gasteiger partial charge is 0.480 e. The first-order valence-electron chi connectivity index (χ1n) is 14.9. The lowest BCUT2D eigenvalue weighted by Crippen LogP contribution is -3.11. The van der Waals surface area contributed by atoms with Gasteiger partial charge in [0.25, 0.3) is 5.56 Å². The molecule has 13 heteroatoms. The highest BCUT2D eigenvalue weighted by Gasteiger charge is 3.10. The summed E-state index contributed by atoms with van der Waals surface area (Å²) in [6, 6.07) is -0.0992. The van der Waals surface area contributed by atoms with Gasteiger partial charge in [0.05, 0.1) is 25.2 Å². The maximum Gasteiger partial charge on any atom is 0.434 e. The van der Waals surface area contributed by atoms with E-state index < -0.39 is 11.9 Å². The van der Waals surface area contributed by atoms with Crippen molar-refractivity contribution in [1.29, 1.82) is 0 Å². The summed E-state index contributed by atoms with van der Waals surface area (Å²) in [4.78, 5) is 40.2. The number of ether oxygens (including phenoxy) is 1. The normalized spacial score (nSPS) is 35.5. The van der Waals surface area contributed by atoms with E-state index in [0.29, 0.717) is 82.2 Å².